The molecule has 0 aliphatic rings. The molecule has 0 saturated carbocycles. The van der Waals surface area contributed by atoms with E-state index in [0.29, 0.717) is 21.7 Å². The van der Waals surface area contributed by atoms with Gasteiger partial charge in [-0.15, -0.1) is 0 Å². The fourth-order valence-corrected chi connectivity index (χ4v) is 3.16. The van der Waals surface area contributed by atoms with Crippen molar-refractivity contribution in [3.63, 3.8) is 0 Å². The van der Waals surface area contributed by atoms with E-state index in [-0.39, 0.29) is 0 Å². The number of thioether (sulfide) groups is 1. The second-order valence-electron chi connectivity index (χ2n) is 4.52. The molecule has 0 amide bonds. The van der Waals surface area contributed by atoms with Crippen molar-refractivity contribution in [2.24, 2.45) is 0 Å². The van der Waals surface area contributed by atoms with E-state index in [1.807, 2.05) is 31.2 Å². The van der Waals surface area contributed by atoms with Crippen LogP contribution in [0.5, 0.6) is 0 Å². The maximum atomic E-state index is 6.28. The molecule has 1 heterocycles. The molecule has 1 aromatic carbocycles. The van der Waals surface area contributed by atoms with Crippen LogP contribution in [0.1, 0.15) is 24.7 Å². The van der Waals surface area contributed by atoms with Gasteiger partial charge in [-0.3, -0.25) is 0 Å². The second-order valence-corrected chi connectivity index (χ2v) is 6.34. The Bertz CT molecular complexity index is 562. The second kappa shape index (κ2) is 7.30. The van der Waals surface area contributed by atoms with E-state index in [4.69, 9.17) is 23.2 Å². The smallest absolute Gasteiger partial charge is 0.142 e. The molecule has 2 nitrogen and oxygen atoms in total. The van der Waals surface area contributed by atoms with E-state index in [9.17, 15) is 0 Å². The topological polar surface area (TPSA) is 25.8 Å². The van der Waals surface area contributed by atoms with Crippen LogP contribution in [-0.4, -0.2) is 15.7 Å². The van der Waals surface area contributed by atoms with Crippen molar-refractivity contribution in [1.29, 1.82) is 0 Å². The van der Waals surface area contributed by atoms with Crippen LogP contribution in [0.3, 0.4) is 0 Å². The van der Waals surface area contributed by atoms with E-state index in [2.05, 4.69) is 16.9 Å². The summed E-state index contributed by atoms with van der Waals surface area (Å²) in [6, 6.07) is 8.01. The molecule has 0 saturated heterocycles. The first-order chi connectivity index (χ1) is 9.61. The van der Waals surface area contributed by atoms with Crippen LogP contribution in [0.2, 0.25) is 10.3 Å². The summed E-state index contributed by atoms with van der Waals surface area (Å²) in [7, 11) is 0. The van der Waals surface area contributed by atoms with Crippen molar-refractivity contribution in [2.45, 2.75) is 26.0 Å². The SMILES string of the molecule is CCCSCc1nc(Cl)c(-c2ccc(C)cc2)c(Cl)n1. The predicted octanol–water partition coefficient (Wildman–Crippen LogP) is 5.40. The van der Waals surface area contributed by atoms with Crippen molar-refractivity contribution >= 4 is 35.0 Å². The van der Waals surface area contributed by atoms with E-state index >= 15 is 0 Å². The third-order valence-electron chi connectivity index (χ3n) is 2.79. The van der Waals surface area contributed by atoms with E-state index in [0.717, 1.165) is 23.5 Å². The summed E-state index contributed by atoms with van der Waals surface area (Å²) in [6.07, 6.45) is 1.13. The molecule has 0 aliphatic carbocycles. The van der Waals surface area contributed by atoms with Gasteiger partial charge in [-0.25, -0.2) is 9.97 Å². The summed E-state index contributed by atoms with van der Waals surface area (Å²) in [4.78, 5) is 8.71. The largest absolute Gasteiger partial charge is 0.220 e. The number of halogens is 2. The summed E-state index contributed by atoms with van der Waals surface area (Å²) in [6.45, 7) is 4.19. The van der Waals surface area contributed by atoms with Gasteiger partial charge in [0, 0.05) is 0 Å². The average molecular weight is 327 g/mol. The van der Waals surface area contributed by atoms with E-state index in [1.54, 1.807) is 11.8 Å². The van der Waals surface area contributed by atoms with E-state index < -0.39 is 0 Å². The monoisotopic (exact) mass is 326 g/mol. The third-order valence-corrected chi connectivity index (χ3v) is 4.49. The number of rotatable bonds is 5. The molecule has 0 N–H and O–H groups in total. The fraction of sp³-hybridized carbons (Fsp3) is 0.333. The van der Waals surface area contributed by atoms with Crippen LogP contribution in [0, 0.1) is 6.92 Å². The number of benzene rings is 1. The first-order valence-corrected chi connectivity index (χ1v) is 8.39. The fourth-order valence-electron chi connectivity index (χ4n) is 1.78. The maximum absolute atomic E-state index is 6.28. The summed E-state index contributed by atoms with van der Waals surface area (Å²) in [5, 5.41) is 0.835. The number of hydrogen-bond donors (Lipinski definition) is 0. The molecule has 0 bridgehead atoms. The molecular formula is C15H16Cl2N2S. The molecule has 106 valence electrons. The highest BCUT2D eigenvalue weighted by molar-refractivity contribution is 7.98. The molecule has 0 unspecified atom stereocenters. The Morgan fingerprint density at radius 3 is 2.20 bits per heavy atom. The lowest BCUT2D eigenvalue weighted by Gasteiger charge is -2.08. The van der Waals surface area contributed by atoms with Gasteiger partial charge in [-0.05, 0) is 24.7 Å². The highest BCUT2D eigenvalue weighted by atomic mass is 35.5. The molecule has 2 rings (SSSR count). The summed E-state index contributed by atoms with van der Waals surface area (Å²) < 4.78 is 0. The van der Waals surface area contributed by atoms with Crippen molar-refractivity contribution in [3.8, 4) is 11.1 Å². The lowest BCUT2D eigenvalue weighted by Crippen LogP contribution is -1.97. The summed E-state index contributed by atoms with van der Waals surface area (Å²) >= 11 is 14.3. The van der Waals surface area contributed by atoms with Crippen LogP contribution in [-0.2, 0) is 5.75 Å². The van der Waals surface area contributed by atoms with Crippen LogP contribution >= 0.6 is 35.0 Å². The Morgan fingerprint density at radius 2 is 1.65 bits per heavy atom. The molecule has 5 heteroatoms. The normalized spacial score (nSPS) is 10.8. The molecular weight excluding hydrogens is 311 g/mol. The molecule has 0 radical (unpaired) electrons. The zero-order chi connectivity index (χ0) is 14.5. The number of aromatic nitrogens is 2. The van der Waals surface area contributed by atoms with Gasteiger partial charge in [0.1, 0.15) is 16.1 Å². The first-order valence-electron chi connectivity index (χ1n) is 6.48. The molecule has 20 heavy (non-hydrogen) atoms. The van der Waals surface area contributed by atoms with Gasteiger partial charge in [0.05, 0.1) is 11.3 Å². The van der Waals surface area contributed by atoms with Gasteiger partial charge in [0.2, 0.25) is 0 Å². The zero-order valence-electron chi connectivity index (χ0n) is 11.5. The summed E-state index contributed by atoms with van der Waals surface area (Å²) in [5.74, 6) is 2.51. The van der Waals surface area contributed by atoms with Gasteiger partial charge in [-0.1, -0.05) is 60.0 Å². The van der Waals surface area contributed by atoms with Crippen LogP contribution in [0.4, 0.5) is 0 Å². The Morgan fingerprint density at radius 1 is 1.05 bits per heavy atom. The third kappa shape index (κ3) is 3.87. The molecule has 0 aliphatic heterocycles. The van der Waals surface area contributed by atoms with Crippen molar-refractivity contribution in [1.82, 2.24) is 9.97 Å². The Labute approximate surface area is 133 Å². The molecule has 1 aromatic heterocycles. The van der Waals surface area contributed by atoms with Gasteiger partial charge in [0.25, 0.3) is 0 Å². The molecule has 2 aromatic rings. The highest BCUT2D eigenvalue weighted by Gasteiger charge is 2.13. The van der Waals surface area contributed by atoms with Crippen molar-refractivity contribution < 1.29 is 0 Å². The Balaban J connectivity index is 2.29. The quantitative estimate of drug-likeness (QED) is 0.543. The van der Waals surface area contributed by atoms with Crippen LogP contribution in [0.15, 0.2) is 24.3 Å². The van der Waals surface area contributed by atoms with Crippen molar-refractivity contribution in [3.05, 3.63) is 46.0 Å². The number of nitrogens with zero attached hydrogens (tertiary/aromatic N) is 2. The van der Waals surface area contributed by atoms with Gasteiger partial charge in [-0.2, -0.15) is 11.8 Å². The molecule has 0 spiro atoms. The summed E-state index contributed by atoms with van der Waals surface area (Å²) in [5.41, 5.74) is 2.84. The van der Waals surface area contributed by atoms with E-state index in [1.165, 1.54) is 5.56 Å². The maximum Gasteiger partial charge on any atom is 0.142 e. The number of hydrogen-bond acceptors (Lipinski definition) is 3. The Kier molecular flexibility index (Phi) is 5.70. The first kappa shape index (κ1) is 15.6. The Hall–Kier alpha value is -0.770. The predicted molar refractivity (Wildman–Crippen MR) is 88.7 cm³/mol. The standard InChI is InChI=1S/C15H16Cl2N2S/c1-3-8-20-9-12-18-14(16)13(15(17)19-12)11-6-4-10(2)5-7-11/h4-7H,3,8-9H2,1-2H3. The van der Waals surface area contributed by atoms with Crippen molar-refractivity contribution in [2.75, 3.05) is 5.75 Å². The van der Waals surface area contributed by atoms with Crippen LogP contribution < -0.4 is 0 Å². The van der Waals surface area contributed by atoms with Gasteiger partial charge in [0.15, 0.2) is 0 Å². The lowest BCUT2D eigenvalue weighted by molar-refractivity contribution is 1.03. The minimum absolute atomic E-state index is 0.418. The minimum atomic E-state index is 0.418. The zero-order valence-corrected chi connectivity index (χ0v) is 13.8. The highest BCUT2D eigenvalue weighted by Crippen LogP contribution is 2.32. The minimum Gasteiger partial charge on any atom is -0.220 e. The van der Waals surface area contributed by atoms with Gasteiger partial charge >= 0.3 is 0 Å². The lowest BCUT2D eigenvalue weighted by atomic mass is 10.1. The van der Waals surface area contributed by atoms with Crippen LogP contribution in [0.25, 0.3) is 11.1 Å². The average Bonchev–Trinajstić information content (AvgIpc) is 2.40. The number of aryl methyl sites for hydroxylation is 1. The molecule has 0 fully saturated rings. The van der Waals surface area contributed by atoms with Gasteiger partial charge < -0.3 is 0 Å². The molecule has 0 atom stereocenters.